The number of carboxylic acid groups (broad SMARTS) is 1. The molecule has 2 aliphatic rings. The molecule has 5 nitrogen and oxygen atoms in total. The number of aliphatic carboxylic acids is 1. The van der Waals surface area contributed by atoms with E-state index >= 15 is 0 Å². The molecule has 0 radical (unpaired) electrons. The Hall–Kier alpha value is -1.11. The molecule has 130 valence electrons. The molecule has 2 aliphatic carbocycles. The molecule has 0 aromatic heterocycles. The van der Waals surface area contributed by atoms with Gasteiger partial charge in [-0.25, -0.2) is 4.39 Å². The van der Waals surface area contributed by atoms with Gasteiger partial charge in [0, 0.05) is 17.8 Å². The van der Waals surface area contributed by atoms with Crippen LogP contribution in [0.4, 0.5) is 4.39 Å². The number of nitrogens with one attached hydrogen (secondary N) is 1. The van der Waals surface area contributed by atoms with Crippen molar-refractivity contribution in [2.45, 2.75) is 57.1 Å². The molecule has 2 saturated carbocycles. The van der Waals surface area contributed by atoms with Crippen molar-refractivity contribution in [3.63, 3.8) is 0 Å². The second kappa shape index (κ2) is 8.52. The molecule has 0 spiro atoms. The van der Waals surface area contributed by atoms with Crippen LogP contribution in [0.2, 0.25) is 0 Å². The zero-order valence-corrected chi connectivity index (χ0v) is 16.4. The first kappa shape index (κ1) is 20.2. The topological polar surface area (TPSA) is 78.5 Å². The van der Waals surface area contributed by atoms with Crippen molar-refractivity contribution >= 4 is 11.9 Å². The average Bonchev–Trinajstić information content (AvgIpc) is 3.32. The molecule has 0 bridgehead atoms. The van der Waals surface area contributed by atoms with Gasteiger partial charge in [0.2, 0.25) is 5.91 Å². The van der Waals surface area contributed by atoms with E-state index in [1.807, 2.05) is 0 Å². The van der Waals surface area contributed by atoms with Crippen LogP contribution in [0.1, 0.15) is 44.9 Å². The number of hydrogen-bond acceptors (Lipinski definition) is 4. The second-order valence-electron chi connectivity index (χ2n) is 6.81. The minimum atomic E-state index is -1.14. The third kappa shape index (κ3) is 5.19. The van der Waals surface area contributed by atoms with Crippen LogP contribution < -0.4 is 44.7 Å². The van der Waals surface area contributed by atoms with Crippen LogP contribution in [0, 0.1) is 11.2 Å². The number of halogens is 1. The Bertz CT molecular complexity index is 618. The molecular formula is C18H21FNNaO4. The van der Waals surface area contributed by atoms with Crippen molar-refractivity contribution < 1.29 is 53.4 Å². The van der Waals surface area contributed by atoms with Crippen LogP contribution in [-0.2, 0) is 9.59 Å². The molecule has 0 aliphatic heterocycles. The smallest absolute Gasteiger partial charge is 0.550 e. The van der Waals surface area contributed by atoms with E-state index in [9.17, 15) is 19.1 Å². The first-order valence-corrected chi connectivity index (χ1v) is 8.42. The summed E-state index contributed by atoms with van der Waals surface area (Å²) in [5, 5.41) is 14.0. The van der Waals surface area contributed by atoms with Crippen molar-refractivity contribution in [1.29, 1.82) is 0 Å². The van der Waals surface area contributed by atoms with Gasteiger partial charge in [-0.05, 0) is 56.4 Å². The predicted octanol–water partition coefficient (Wildman–Crippen LogP) is -1.44. The molecule has 1 aromatic carbocycles. The molecule has 1 amide bonds. The molecule has 0 heterocycles. The van der Waals surface area contributed by atoms with Gasteiger partial charge in [-0.15, -0.1) is 0 Å². The Morgan fingerprint density at radius 1 is 1.20 bits per heavy atom. The monoisotopic (exact) mass is 357 g/mol. The largest absolute Gasteiger partial charge is 1.00 e. The minimum Gasteiger partial charge on any atom is -0.550 e. The molecule has 1 aromatic rings. The van der Waals surface area contributed by atoms with Gasteiger partial charge in [0.25, 0.3) is 0 Å². The number of amides is 1. The molecule has 0 unspecified atom stereocenters. The quantitative estimate of drug-likeness (QED) is 0.633. The summed E-state index contributed by atoms with van der Waals surface area (Å²) in [6.07, 6.45) is 4.36. The Balaban J connectivity index is 0.00000225. The van der Waals surface area contributed by atoms with Crippen molar-refractivity contribution in [3.8, 4) is 5.75 Å². The fraction of sp³-hybridized carbons (Fsp3) is 0.556. The third-order valence-electron chi connectivity index (χ3n) is 4.94. The summed E-state index contributed by atoms with van der Waals surface area (Å²) in [5.41, 5.74) is -0.966. The van der Waals surface area contributed by atoms with Crippen LogP contribution >= 0.6 is 0 Å². The molecular weight excluding hydrogens is 336 g/mol. The molecule has 2 atom stereocenters. The Kier molecular flexibility index (Phi) is 6.88. The Morgan fingerprint density at radius 3 is 2.44 bits per heavy atom. The summed E-state index contributed by atoms with van der Waals surface area (Å²) in [5.74, 6) is -1.17. The standard InChI is InChI=1S/C18H22FNO4.Na/c19-12-5-7-13(8-6-12)24-15-4-2-1-3-14(15)20-16(21)11-18(9-10-18)17(22)23;/h5-8,14-15H,1-4,9-11H2,(H,20,21)(H,22,23);/q;+1/p-1/t14-,15+;/m1./s1. The number of ether oxygens (including phenoxy) is 1. The molecule has 3 rings (SSSR count). The molecule has 0 saturated heterocycles. The van der Waals surface area contributed by atoms with Gasteiger partial charge in [-0.2, -0.15) is 0 Å². The summed E-state index contributed by atoms with van der Waals surface area (Å²) < 4.78 is 18.9. The summed E-state index contributed by atoms with van der Waals surface area (Å²) in [7, 11) is 0. The fourth-order valence-corrected chi connectivity index (χ4v) is 3.26. The maximum absolute atomic E-state index is 13.0. The van der Waals surface area contributed by atoms with Crippen LogP contribution in [0.5, 0.6) is 5.75 Å². The van der Waals surface area contributed by atoms with Crippen LogP contribution in [0.25, 0.3) is 0 Å². The Morgan fingerprint density at radius 2 is 1.84 bits per heavy atom. The van der Waals surface area contributed by atoms with Crippen molar-refractivity contribution in [3.05, 3.63) is 30.1 Å². The van der Waals surface area contributed by atoms with Gasteiger partial charge >= 0.3 is 29.6 Å². The number of hydrogen-bond donors (Lipinski definition) is 1. The van der Waals surface area contributed by atoms with Crippen LogP contribution in [0.3, 0.4) is 0 Å². The average molecular weight is 357 g/mol. The van der Waals surface area contributed by atoms with Gasteiger partial charge in [0.05, 0.1) is 6.04 Å². The van der Waals surface area contributed by atoms with E-state index < -0.39 is 11.4 Å². The summed E-state index contributed by atoms with van der Waals surface area (Å²) in [6.45, 7) is 0. The maximum atomic E-state index is 13.0. The van der Waals surface area contributed by atoms with E-state index in [1.54, 1.807) is 12.1 Å². The number of rotatable bonds is 6. The van der Waals surface area contributed by atoms with Crippen LogP contribution in [0.15, 0.2) is 24.3 Å². The normalized spacial score (nSPS) is 23.9. The Labute approximate surface area is 168 Å². The van der Waals surface area contributed by atoms with E-state index in [2.05, 4.69) is 5.32 Å². The molecule has 25 heavy (non-hydrogen) atoms. The van der Waals surface area contributed by atoms with E-state index in [1.165, 1.54) is 12.1 Å². The SMILES string of the molecule is O=C(CC1(C(=O)[O-])CC1)N[C@@H]1CCCC[C@@H]1Oc1ccc(F)cc1.[Na+]. The van der Waals surface area contributed by atoms with E-state index in [-0.39, 0.29) is 59.8 Å². The molecule has 1 N–H and O–H groups in total. The summed E-state index contributed by atoms with van der Waals surface area (Å²) in [4.78, 5) is 23.3. The fourth-order valence-electron chi connectivity index (χ4n) is 3.26. The van der Waals surface area contributed by atoms with Crippen molar-refractivity contribution in [1.82, 2.24) is 5.32 Å². The van der Waals surface area contributed by atoms with E-state index in [0.29, 0.717) is 18.6 Å². The zero-order valence-electron chi connectivity index (χ0n) is 14.4. The first-order valence-electron chi connectivity index (χ1n) is 8.42. The predicted molar refractivity (Wildman–Crippen MR) is 82.5 cm³/mol. The van der Waals surface area contributed by atoms with Crippen LogP contribution in [-0.4, -0.2) is 24.0 Å². The van der Waals surface area contributed by atoms with Gasteiger partial charge in [0.1, 0.15) is 17.7 Å². The second-order valence-corrected chi connectivity index (χ2v) is 6.81. The third-order valence-corrected chi connectivity index (χ3v) is 4.94. The summed E-state index contributed by atoms with van der Waals surface area (Å²) in [6, 6.07) is 5.65. The van der Waals surface area contributed by atoms with Crippen molar-refractivity contribution in [2.24, 2.45) is 5.41 Å². The van der Waals surface area contributed by atoms with Gasteiger partial charge in [0.15, 0.2) is 0 Å². The summed E-state index contributed by atoms with van der Waals surface area (Å²) >= 11 is 0. The van der Waals surface area contributed by atoms with Gasteiger partial charge in [-0.3, -0.25) is 4.79 Å². The van der Waals surface area contributed by atoms with Crippen molar-refractivity contribution in [2.75, 3.05) is 0 Å². The minimum absolute atomic E-state index is 0. The molecule has 7 heteroatoms. The number of benzene rings is 1. The van der Waals surface area contributed by atoms with Gasteiger partial charge in [-0.1, -0.05) is 6.42 Å². The number of carboxylic acids is 1. The van der Waals surface area contributed by atoms with E-state index in [4.69, 9.17) is 4.74 Å². The maximum Gasteiger partial charge on any atom is 1.00 e. The number of carbonyl (C=O) groups excluding carboxylic acids is 2. The zero-order chi connectivity index (χ0) is 17.2. The first-order chi connectivity index (χ1) is 11.5. The number of carbonyl (C=O) groups is 2. The van der Waals surface area contributed by atoms with Gasteiger partial charge < -0.3 is 20.0 Å². The van der Waals surface area contributed by atoms with E-state index in [0.717, 1.165) is 25.7 Å². The molecule has 2 fully saturated rings.